The van der Waals surface area contributed by atoms with Crippen molar-refractivity contribution in [2.75, 3.05) is 33.3 Å². The van der Waals surface area contributed by atoms with Crippen LogP contribution in [0.3, 0.4) is 0 Å². The van der Waals surface area contributed by atoms with Gasteiger partial charge in [-0.3, -0.25) is 40.0 Å². The minimum absolute atomic E-state index is 0.0694. The Morgan fingerprint density at radius 2 is 1.74 bits per heavy atom. The first-order chi connectivity index (χ1) is 20.8. The molecule has 12 heteroatoms. The molecule has 1 saturated carbocycles. The van der Waals surface area contributed by atoms with Gasteiger partial charge < -0.3 is 20.2 Å². The largest absolute Gasteiger partial charge is 0.355 e. The van der Waals surface area contributed by atoms with E-state index in [1.165, 1.54) is 4.90 Å². The molecule has 4 amide bonds. The SMILES string of the molecule is CC(C)C1CC(=O)N(CCCCCC(=O)NCNCNC(Cc2ccccc2)C(=O)NCNCOC(C=O)C2CC2)C1=O. The number of rotatable bonds is 22. The van der Waals surface area contributed by atoms with E-state index in [9.17, 15) is 24.0 Å². The number of likely N-dealkylation sites (tertiary alicyclic amines) is 1. The standard InChI is InChI=1S/C31H48N6O6/c1-22(2)25-16-29(40)37(31(25)42)14-8-4-7-11-28(39)35-19-32-18-34-26(15-23-9-5-3-6-10-23)30(41)36-20-33-21-43-27(17-38)24-12-13-24/h3,5-6,9-10,17,22,24-27,32-34H,4,7-8,11-16,18-21H2,1-2H3,(H,35,39)(H,36,41). The third kappa shape index (κ3) is 12.1. The number of nitrogens with zero attached hydrogens (tertiary/aromatic N) is 1. The van der Waals surface area contributed by atoms with E-state index in [4.69, 9.17) is 4.74 Å². The average molecular weight is 601 g/mol. The second-order valence-electron chi connectivity index (χ2n) is 11.6. The number of aldehydes is 1. The lowest BCUT2D eigenvalue weighted by Gasteiger charge is -2.20. The van der Waals surface area contributed by atoms with Gasteiger partial charge in [0.25, 0.3) is 0 Å². The zero-order valence-corrected chi connectivity index (χ0v) is 25.4. The fourth-order valence-corrected chi connectivity index (χ4v) is 5.00. The molecule has 12 nitrogen and oxygen atoms in total. The zero-order valence-electron chi connectivity index (χ0n) is 25.4. The number of hydrogen-bond acceptors (Lipinski definition) is 9. The third-order valence-electron chi connectivity index (χ3n) is 7.84. The van der Waals surface area contributed by atoms with Crippen LogP contribution in [0.25, 0.3) is 0 Å². The number of hydrogen-bond donors (Lipinski definition) is 5. The Hall–Kier alpha value is -3.19. The van der Waals surface area contributed by atoms with Crippen LogP contribution in [0.15, 0.2) is 30.3 Å². The second kappa shape index (κ2) is 18.5. The van der Waals surface area contributed by atoms with Gasteiger partial charge in [-0.05, 0) is 49.5 Å². The number of carbonyl (C=O) groups excluding carboxylic acids is 5. The summed E-state index contributed by atoms with van der Waals surface area (Å²) in [4.78, 5) is 62.1. The maximum atomic E-state index is 12.9. The number of unbranched alkanes of at least 4 members (excludes halogenated alkanes) is 2. The van der Waals surface area contributed by atoms with Crippen LogP contribution in [0.2, 0.25) is 0 Å². The van der Waals surface area contributed by atoms with Crippen molar-refractivity contribution < 1.29 is 28.7 Å². The van der Waals surface area contributed by atoms with Crippen molar-refractivity contribution in [1.82, 2.24) is 31.5 Å². The maximum absolute atomic E-state index is 12.9. The summed E-state index contributed by atoms with van der Waals surface area (Å²) >= 11 is 0. The number of amides is 4. The number of nitrogens with one attached hydrogen (secondary N) is 5. The molecule has 0 radical (unpaired) electrons. The molecule has 0 bridgehead atoms. The first kappa shape index (κ1) is 34.3. The normalized spacial score (nSPS) is 18.1. The van der Waals surface area contributed by atoms with Crippen molar-refractivity contribution in [3.05, 3.63) is 35.9 Å². The molecule has 5 N–H and O–H groups in total. The van der Waals surface area contributed by atoms with Crippen molar-refractivity contribution in [3.8, 4) is 0 Å². The lowest BCUT2D eigenvalue weighted by molar-refractivity contribution is -0.140. The molecule has 0 aromatic heterocycles. The second-order valence-corrected chi connectivity index (χ2v) is 11.6. The van der Waals surface area contributed by atoms with Crippen LogP contribution in [0.1, 0.15) is 64.4 Å². The summed E-state index contributed by atoms with van der Waals surface area (Å²) in [5, 5.41) is 14.9. The lowest BCUT2D eigenvalue weighted by Crippen LogP contribution is -2.51. The smallest absolute Gasteiger partial charge is 0.238 e. The predicted octanol–water partition coefficient (Wildman–Crippen LogP) is 1.01. The Bertz CT molecular complexity index is 1050. The molecule has 1 aromatic rings. The molecule has 1 aliphatic heterocycles. The third-order valence-corrected chi connectivity index (χ3v) is 7.84. The first-order valence-electron chi connectivity index (χ1n) is 15.4. The summed E-state index contributed by atoms with van der Waals surface area (Å²) in [7, 11) is 0. The summed E-state index contributed by atoms with van der Waals surface area (Å²) in [5.41, 5.74) is 1.01. The van der Waals surface area contributed by atoms with Crippen LogP contribution in [0.5, 0.6) is 0 Å². The summed E-state index contributed by atoms with van der Waals surface area (Å²) < 4.78 is 5.52. The van der Waals surface area contributed by atoms with E-state index in [-0.39, 0.29) is 61.6 Å². The van der Waals surface area contributed by atoms with Crippen LogP contribution in [-0.2, 0) is 35.1 Å². The van der Waals surface area contributed by atoms with E-state index in [1.807, 2.05) is 44.2 Å². The van der Waals surface area contributed by atoms with Crippen LogP contribution in [0, 0.1) is 17.8 Å². The van der Waals surface area contributed by atoms with Crippen LogP contribution in [0.4, 0.5) is 0 Å². The highest BCUT2D eigenvalue weighted by molar-refractivity contribution is 6.03. The fraction of sp³-hybridized carbons (Fsp3) is 0.645. The van der Waals surface area contributed by atoms with Gasteiger partial charge in [0.1, 0.15) is 12.4 Å². The molecule has 1 aliphatic carbocycles. The highest BCUT2D eigenvalue weighted by atomic mass is 16.5. The van der Waals surface area contributed by atoms with Crippen molar-refractivity contribution in [2.45, 2.75) is 77.4 Å². The summed E-state index contributed by atoms with van der Waals surface area (Å²) in [6, 6.07) is 9.19. The molecule has 3 unspecified atom stereocenters. The van der Waals surface area contributed by atoms with Gasteiger partial charge in [0, 0.05) is 32.0 Å². The Labute approximate surface area is 254 Å². The highest BCUT2D eigenvalue weighted by Crippen LogP contribution is 2.33. The van der Waals surface area contributed by atoms with Gasteiger partial charge in [0.05, 0.1) is 26.1 Å². The van der Waals surface area contributed by atoms with E-state index in [0.717, 1.165) is 31.1 Å². The maximum Gasteiger partial charge on any atom is 0.238 e. The Balaban J connectivity index is 1.27. The van der Waals surface area contributed by atoms with Gasteiger partial charge in [-0.2, -0.15) is 0 Å². The number of carbonyl (C=O) groups is 5. The minimum atomic E-state index is -0.507. The molecule has 2 fully saturated rings. The quantitative estimate of drug-likeness (QED) is 0.0567. The van der Waals surface area contributed by atoms with Gasteiger partial charge in [0.2, 0.25) is 23.6 Å². The molecule has 238 valence electrons. The topological polar surface area (TPSA) is 158 Å². The van der Waals surface area contributed by atoms with Gasteiger partial charge in [-0.1, -0.05) is 50.6 Å². The molecular formula is C31H48N6O6. The number of benzene rings is 1. The Morgan fingerprint density at radius 1 is 1.00 bits per heavy atom. The van der Waals surface area contributed by atoms with E-state index in [0.29, 0.717) is 51.2 Å². The molecule has 2 aliphatic rings. The van der Waals surface area contributed by atoms with E-state index < -0.39 is 6.04 Å². The summed E-state index contributed by atoms with van der Waals surface area (Å²) in [6.45, 7) is 5.27. The fourth-order valence-electron chi connectivity index (χ4n) is 5.00. The number of imide groups is 1. The Morgan fingerprint density at radius 3 is 2.42 bits per heavy atom. The molecule has 0 spiro atoms. The van der Waals surface area contributed by atoms with Gasteiger partial charge in [-0.15, -0.1) is 0 Å². The van der Waals surface area contributed by atoms with Crippen LogP contribution >= 0.6 is 0 Å². The zero-order chi connectivity index (χ0) is 31.0. The van der Waals surface area contributed by atoms with Crippen LogP contribution < -0.4 is 26.6 Å². The molecule has 3 rings (SSSR count). The molecule has 3 atom stereocenters. The van der Waals surface area contributed by atoms with Crippen molar-refractivity contribution in [1.29, 1.82) is 0 Å². The van der Waals surface area contributed by atoms with E-state index in [1.54, 1.807) is 0 Å². The number of ether oxygens (including phenoxy) is 1. The molecule has 43 heavy (non-hydrogen) atoms. The molecule has 1 aromatic carbocycles. The van der Waals surface area contributed by atoms with Gasteiger partial charge in [0.15, 0.2) is 0 Å². The van der Waals surface area contributed by atoms with Crippen molar-refractivity contribution in [3.63, 3.8) is 0 Å². The minimum Gasteiger partial charge on any atom is -0.355 e. The van der Waals surface area contributed by atoms with Crippen LogP contribution in [-0.4, -0.2) is 80.2 Å². The van der Waals surface area contributed by atoms with Gasteiger partial charge in [-0.25, -0.2) is 0 Å². The molecule has 1 heterocycles. The van der Waals surface area contributed by atoms with E-state index in [2.05, 4.69) is 26.6 Å². The molecular weight excluding hydrogens is 552 g/mol. The summed E-state index contributed by atoms with van der Waals surface area (Å²) in [5.74, 6) is -0.179. The van der Waals surface area contributed by atoms with Gasteiger partial charge >= 0.3 is 0 Å². The Kier molecular flexibility index (Phi) is 14.7. The molecule has 1 saturated heterocycles. The lowest BCUT2D eigenvalue weighted by atomic mass is 9.94. The predicted molar refractivity (Wildman–Crippen MR) is 161 cm³/mol. The highest BCUT2D eigenvalue weighted by Gasteiger charge is 2.39. The first-order valence-corrected chi connectivity index (χ1v) is 15.4. The summed E-state index contributed by atoms with van der Waals surface area (Å²) in [6.07, 6.45) is 5.71. The average Bonchev–Trinajstić information content (AvgIpc) is 3.79. The van der Waals surface area contributed by atoms with E-state index >= 15 is 0 Å². The monoisotopic (exact) mass is 600 g/mol. The van der Waals surface area contributed by atoms with Crippen molar-refractivity contribution >= 4 is 29.9 Å². The van der Waals surface area contributed by atoms with Crippen molar-refractivity contribution in [2.24, 2.45) is 17.8 Å².